The maximum absolute atomic E-state index is 12.8. The summed E-state index contributed by atoms with van der Waals surface area (Å²) in [5.41, 5.74) is 0.639. The number of carbonyl (C=O) groups excluding carboxylic acids is 1. The molecule has 0 aliphatic carbocycles. The predicted octanol–water partition coefficient (Wildman–Crippen LogP) is 1.72. The number of amides is 1. The highest BCUT2D eigenvalue weighted by Crippen LogP contribution is 2.20. The fraction of sp³-hybridized carbons (Fsp3) is 0.500. The number of piperazine rings is 1. The standard InChI is InChI=1S/C18H25N5O2/c1-3-16-19-17(21-20-16)13-22-9-11-23(12-10-22)18(24)14-7-5-6-8-15(14)25-4-2/h5-8H,3-4,9-13H2,1-2H3,(H,19,20,21). The first kappa shape index (κ1) is 17.4. The highest BCUT2D eigenvalue weighted by Gasteiger charge is 2.24. The molecule has 0 radical (unpaired) electrons. The Bertz CT molecular complexity index is 707. The Labute approximate surface area is 148 Å². The van der Waals surface area contributed by atoms with E-state index in [1.54, 1.807) is 0 Å². The van der Waals surface area contributed by atoms with E-state index < -0.39 is 0 Å². The van der Waals surface area contributed by atoms with Crippen molar-refractivity contribution in [1.82, 2.24) is 25.0 Å². The molecule has 1 amide bonds. The average Bonchev–Trinajstić information content (AvgIpc) is 3.10. The van der Waals surface area contributed by atoms with Crippen molar-refractivity contribution < 1.29 is 9.53 Å². The van der Waals surface area contributed by atoms with Gasteiger partial charge in [0.2, 0.25) is 0 Å². The van der Waals surface area contributed by atoms with Crippen molar-refractivity contribution in [2.24, 2.45) is 0 Å². The summed E-state index contributed by atoms with van der Waals surface area (Å²) in [6.45, 7) is 8.31. The largest absolute Gasteiger partial charge is 0.493 e. The minimum atomic E-state index is 0.0386. The number of hydrogen-bond donors (Lipinski definition) is 1. The Morgan fingerprint density at radius 1 is 1.20 bits per heavy atom. The zero-order valence-electron chi connectivity index (χ0n) is 14.9. The number of aromatic amines is 1. The smallest absolute Gasteiger partial charge is 0.257 e. The lowest BCUT2D eigenvalue weighted by Gasteiger charge is -2.34. The van der Waals surface area contributed by atoms with Crippen LogP contribution in [0, 0.1) is 0 Å². The van der Waals surface area contributed by atoms with E-state index >= 15 is 0 Å². The molecule has 1 aromatic carbocycles. The number of aryl methyl sites for hydroxylation is 1. The zero-order chi connectivity index (χ0) is 17.6. The minimum Gasteiger partial charge on any atom is -0.493 e. The molecule has 0 saturated carbocycles. The quantitative estimate of drug-likeness (QED) is 0.864. The molecule has 1 aromatic heterocycles. The molecule has 1 fully saturated rings. The van der Waals surface area contributed by atoms with Gasteiger partial charge in [-0.25, -0.2) is 4.98 Å². The van der Waals surface area contributed by atoms with Crippen LogP contribution < -0.4 is 4.74 Å². The van der Waals surface area contributed by atoms with Crippen LogP contribution in [0.2, 0.25) is 0 Å². The number of ether oxygens (including phenoxy) is 1. The van der Waals surface area contributed by atoms with Gasteiger partial charge in [-0.2, -0.15) is 5.10 Å². The Balaban J connectivity index is 1.57. The molecule has 1 N–H and O–H groups in total. The first-order valence-corrected chi connectivity index (χ1v) is 8.84. The molecule has 7 nitrogen and oxygen atoms in total. The van der Waals surface area contributed by atoms with Crippen LogP contribution in [0.3, 0.4) is 0 Å². The van der Waals surface area contributed by atoms with Gasteiger partial charge in [-0.3, -0.25) is 14.8 Å². The monoisotopic (exact) mass is 343 g/mol. The summed E-state index contributed by atoms with van der Waals surface area (Å²) in [5, 5.41) is 7.15. The summed E-state index contributed by atoms with van der Waals surface area (Å²) in [4.78, 5) is 21.4. The van der Waals surface area contributed by atoms with Crippen LogP contribution in [0.4, 0.5) is 0 Å². The maximum atomic E-state index is 12.8. The molecule has 2 aromatic rings. The van der Waals surface area contributed by atoms with Crippen molar-refractivity contribution in [2.75, 3.05) is 32.8 Å². The number of nitrogens with one attached hydrogen (secondary N) is 1. The Kier molecular flexibility index (Phi) is 5.65. The van der Waals surface area contributed by atoms with Crippen molar-refractivity contribution in [1.29, 1.82) is 0 Å². The van der Waals surface area contributed by atoms with Crippen LogP contribution in [0.5, 0.6) is 5.75 Å². The highest BCUT2D eigenvalue weighted by molar-refractivity contribution is 5.97. The molecule has 1 aliphatic heterocycles. The van der Waals surface area contributed by atoms with Gasteiger partial charge in [0.15, 0.2) is 0 Å². The lowest BCUT2D eigenvalue weighted by Crippen LogP contribution is -2.48. The van der Waals surface area contributed by atoms with Gasteiger partial charge < -0.3 is 9.64 Å². The van der Waals surface area contributed by atoms with E-state index in [4.69, 9.17) is 4.74 Å². The van der Waals surface area contributed by atoms with Gasteiger partial charge in [-0.1, -0.05) is 19.1 Å². The van der Waals surface area contributed by atoms with Gasteiger partial charge in [0.05, 0.1) is 18.7 Å². The van der Waals surface area contributed by atoms with Gasteiger partial charge in [0.25, 0.3) is 5.91 Å². The number of H-pyrrole nitrogens is 1. The SMILES string of the molecule is CCOc1ccccc1C(=O)N1CCN(Cc2nc(CC)n[nH]2)CC1. The highest BCUT2D eigenvalue weighted by atomic mass is 16.5. The van der Waals surface area contributed by atoms with Crippen LogP contribution in [0.1, 0.15) is 35.9 Å². The molecule has 0 bridgehead atoms. The number of aromatic nitrogens is 3. The van der Waals surface area contributed by atoms with Crippen LogP contribution in [0.25, 0.3) is 0 Å². The van der Waals surface area contributed by atoms with Crippen LogP contribution in [-0.4, -0.2) is 63.7 Å². The molecule has 0 unspecified atom stereocenters. The van der Waals surface area contributed by atoms with Crippen LogP contribution in [0.15, 0.2) is 24.3 Å². The summed E-state index contributed by atoms with van der Waals surface area (Å²) in [5.74, 6) is 2.43. The number of benzene rings is 1. The number of hydrogen-bond acceptors (Lipinski definition) is 5. The summed E-state index contributed by atoms with van der Waals surface area (Å²) in [6.07, 6.45) is 0.831. The molecule has 134 valence electrons. The molecule has 25 heavy (non-hydrogen) atoms. The van der Waals surface area contributed by atoms with Crippen molar-refractivity contribution in [3.8, 4) is 5.75 Å². The fourth-order valence-corrected chi connectivity index (χ4v) is 2.98. The van der Waals surface area contributed by atoms with E-state index in [1.807, 2.05) is 43.0 Å². The number of carbonyl (C=O) groups is 1. The fourth-order valence-electron chi connectivity index (χ4n) is 2.98. The summed E-state index contributed by atoms with van der Waals surface area (Å²) in [6, 6.07) is 7.45. The third-order valence-electron chi connectivity index (χ3n) is 4.34. The Morgan fingerprint density at radius 2 is 1.96 bits per heavy atom. The van der Waals surface area contributed by atoms with E-state index in [1.165, 1.54) is 0 Å². The van der Waals surface area contributed by atoms with E-state index in [0.717, 1.165) is 37.7 Å². The van der Waals surface area contributed by atoms with Gasteiger partial charge >= 0.3 is 0 Å². The lowest BCUT2D eigenvalue weighted by molar-refractivity contribution is 0.0621. The number of nitrogens with zero attached hydrogens (tertiary/aromatic N) is 4. The first-order valence-electron chi connectivity index (χ1n) is 8.84. The van der Waals surface area contributed by atoms with Gasteiger partial charge in [-0.15, -0.1) is 0 Å². The Morgan fingerprint density at radius 3 is 2.64 bits per heavy atom. The van der Waals surface area contributed by atoms with Crippen LogP contribution >= 0.6 is 0 Å². The molecule has 1 aliphatic rings. The van der Waals surface area contributed by atoms with E-state index in [0.29, 0.717) is 31.0 Å². The average molecular weight is 343 g/mol. The third-order valence-corrected chi connectivity index (χ3v) is 4.34. The van der Waals surface area contributed by atoms with Gasteiger partial charge in [-0.05, 0) is 19.1 Å². The first-order chi connectivity index (χ1) is 12.2. The van der Waals surface area contributed by atoms with Gasteiger partial charge in [0.1, 0.15) is 17.4 Å². The second kappa shape index (κ2) is 8.11. The van der Waals surface area contributed by atoms with Gasteiger partial charge in [0, 0.05) is 32.6 Å². The predicted molar refractivity (Wildman–Crippen MR) is 94.6 cm³/mol. The number of para-hydroxylation sites is 1. The van der Waals surface area contributed by atoms with E-state index in [-0.39, 0.29) is 5.91 Å². The molecule has 0 spiro atoms. The van der Waals surface area contributed by atoms with Crippen molar-refractivity contribution in [3.63, 3.8) is 0 Å². The number of rotatable bonds is 6. The molecular weight excluding hydrogens is 318 g/mol. The topological polar surface area (TPSA) is 74.3 Å². The summed E-state index contributed by atoms with van der Waals surface area (Å²) >= 11 is 0. The molecule has 0 atom stereocenters. The van der Waals surface area contributed by atoms with E-state index in [9.17, 15) is 4.79 Å². The summed E-state index contributed by atoms with van der Waals surface area (Å²) in [7, 11) is 0. The van der Waals surface area contributed by atoms with Crippen molar-refractivity contribution in [2.45, 2.75) is 26.8 Å². The summed E-state index contributed by atoms with van der Waals surface area (Å²) < 4.78 is 5.58. The normalized spacial score (nSPS) is 15.4. The molecular formula is C18H25N5O2. The van der Waals surface area contributed by atoms with Crippen molar-refractivity contribution in [3.05, 3.63) is 41.5 Å². The molecule has 1 saturated heterocycles. The van der Waals surface area contributed by atoms with Crippen LogP contribution in [-0.2, 0) is 13.0 Å². The lowest BCUT2D eigenvalue weighted by atomic mass is 10.1. The maximum Gasteiger partial charge on any atom is 0.257 e. The second-order valence-electron chi connectivity index (χ2n) is 6.05. The second-order valence-corrected chi connectivity index (χ2v) is 6.05. The van der Waals surface area contributed by atoms with E-state index in [2.05, 4.69) is 20.1 Å². The zero-order valence-corrected chi connectivity index (χ0v) is 14.9. The molecule has 3 rings (SSSR count). The van der Waals surface area contributed by atoms with Crippen molar-refractivity contribution >= 4 is 5.91 Å². The molecule has 2 heterocycles. The minimum absolute atomic E-state index is 0.0386. The molecule has 7 heteroatoms. The third kappa shape index (κ3) is 4.17. The Hall–Kier alpha value is -2.41.